The van der Waals surface area contributed by atoms with Crippen LogP contribution in [0.1, 0.15) is 52.5 Å². The van der Waals surface area contributed by atoms with Crippen molar-refractivity contribution in [2.24, 2.45) is 0 Å². The highest BCUT2D eigenvalue weighted by molar-refractivity contribution is 5.69. The summed E-state index contributed by atoms with van der Waals surface area (Å²) in [5.74, 6) is -0.730. The van der Waals surface area contributed by atoms with Crippen molar-refractivity contribution in [2.75, 3.05) is 13.1 Å². The zero-order valence-corrected chi connectivity index (χ0v) is 15.5. The van der Waals surface area contributed by atoms with Crippen molar-refractivity contribution in [3.63, 3.8) is 0 Å². The van der Waals surface area contributed by atoms with Crippen molar-refractivity contribution in [2.45, 2.75) is 70.5 Å². The molecule has 4 nitrogen and oxygen atoms in total. The molecule has 1 atom stereocenters. The van der Waals surface area contributed by atoms with Crippen molar-refractivity contribution >= 4 is 5.97 Å². The minimum absolute atomic E-state index is 0.148. The normalized spacial score (nSPS) is 22.2. The van der Waals surface area contributed by atoms with Gasteiger partial charge in [0.25, 0.3) is 0 Å². The fraction of sp³-hybridized carbons (Fsp3) is 0.650. The number of carboxylic acid groups (broad SMARTS) is 1. The van der Waals surface area contributed by atoms with Gasteiger partial charge >= 0.3 is 5.97 Å². The molecule has 0 aliphatic heterocycles. The predicted octanol–water partition coefficient (Wildman–Crippen LogP) is 3.27. The second-order valence-electron chi connectivity index (χ2n) is 7.80. The lowest BCUT2D eigenvalue weighted by Crippen LogP contribution is -2.55. The number of benzene rings is 1. The molecule has 0 aromatic heterocycles. The van der Waals surface area contributed by atoms with Gasteiger partial charge in [0.15, 0.2) is 0 Å². The van der Waals surface area contributed by atoms with Crippen LogP contribution in [0.15, 0.2) is 30.3 Å². The van der Waals surface area contributed by atoms with Crippen LogP contribution in [0, 0.1) is 0 Å². The third-order valence-corrected chi connectivity index (χ3v) is 5.27. The van der Waals surface area contributed by atoms with E-state index in [0.29, 0.717) is 18.1 Å². The Morgan fingerprint density at radius 1 is 1.33 bits per heavy atom. The number of carboxylic acids is 1. The molecule has 1 saturated carbocycles. The molecule has 0 amide bonds. The van der Waals surface area contributed by atoms with E-state index in [0.717, 1.165) is 25.8 Å². The van der Waals surface area contributed by atoms with Gasteiger partial charge < -0.3 is 10.4 Å². The van der Waals surface area contributed by atoms with Crippen LogP contribution < -0.4 is 5.32 Å². The van der Waals surface area contributed by atoms with Crippen LogP contribution >= 0.6 is 0 Å². The van der Waals surface area contributed by atoms with E-state index in [4.69, 9.17) is 5.11 Å². The average Bonchev–Trinajstić information content (AvgIpc) is 2.48. The van der Waals surface area contributed by atoms with Crippen LogP contribution in [0.25, 0.3) is 0 Å². The zero-order chi connectivity index (χ0) is 17.7. The van der Waals surface area contributed by atoms with E-state index in [1.807, 2.05) is 6.92 Å². The van der Waals surface area contributed by atoms with E-state index in [1.54, 1.807) is 0 Å². The first kappa shape index (κ1) is 18.9. The van der Waals surface area contributed by atoms with E-state index in [1.165, 1.54) is 5.56 Å². The first-order chi connectivity index (χ1) is 11.3. The number of likely N-dealkylation sites (N-methyl/N-ethyl adjacent to an activating group) is 1. The summed E-state index contributed by atoms with van der Waals surface area (Å²) in [6.45, 7) is 9.86. The summed E-state index contributed by atoms with van der Waals surface area (Å²) in [5.41, 5.74) is 1.53. The molecule has 4 heteroatoms. The fourth-order valence-electron chi connectivity index (χ4n) is 3.93. The molecule has 1 aromatic carbocycles. The maximum Gasteiger partial charge on any atom is 0.317 e. The second-order valence-corrected chi connectivity index (χ2v) is 7.80. The Bertz CT molecular complexity index is 524. The summed E-state index contributed by atoms with van der Waals surface area (Å²) in [7, 11) is 0. The first-order valence-corrected chi connectivity index (χ1v) is 9.09. The lowest BCUT2D eigenvalue weighted by Gasteiger charge is -2.44. The van der Waals surface area contributed by atoms with Gasteiger partial charge in [-0.05, 0) is 43.7 Å². The summed E-state index contributed by atoms with van der Waals surface area (Å²) in [4.78, 5) is 13.0. The quantitative estimate of drug-likeness (QED) is 0.729. The maximum absolute atomic E-state index is 10.9. The molecule has 0 heterocycles. The fourth-order valence-corrected chi connectivity index (χ4v) is 3.93. The van der Waals surface area contributed by atoms with Crippen molar-refractivity contribution in [3.05, 3.63) is 35.9 Å². The van der Waals surface area contributed by atoms with Crippen LogP contribution in [0.4, 0.5) is 0 Å². The number of hydrogen-bond acceptors (Lipinski definition) is 3. The highest BCUT2D eigenvalue weighted by Crippen LogP contribution is 2.30. The van der Waals surface area contributed by atoms with E-state index in [2.05, 4.69) is 61.3 Å². The van der Waals surface area contributed by atoms with Crippen LogP contribution in [0.2, 0.25) is 0 Å². The van der Waals surface area contributed by atoms with Gasteiger partial charge in [-0.1, -0.05) is 51.1 Å². The van der Waals surface area contributed by atoms with Crippen molar-refractivity contribution < 1.29 is 9.90 Å². The zero-order valence-electron chi connectivity index (χ0n) is 15.5. The highest BCUT2D eigenvalue weighted by atomic mass is 16.4. The number of rotatable bonds is 9. The largest absolute Gasteiger partial charge is 0.480 e. The number of hydrogen-bond donors (Lipinski definition) is 2. The Morgan fingerprint density at radius 2 is 1.96 bits per heavy atom. The summed E-state index contributed by atoms with van der Waals surface area (Å²) < 4.78 is 0. The highest BCUT2D eigenvalue weighted by Gasteiger charge is 2.35. The molecule has 0 saturated heterocycles. The Morgan fingerprint density at radius 3 is 2.50 bits per heavy atom. The minimum Gasteiger partial charge on any atom is -0.480 e. The summed E-state index contributed by atoms with van der Waals surface area (Å²) in [5, 5.41) is 12.7. The molecule has 1 fully saturated rings. The number of nitrogens with zero attached hydrogens (tertiary/aromatic N) is 1. The van der Waals surface area contributed by atoms with E-state index >= 15 is 0 Å². The maximum atomic E-state index is 10.9. The van der Waals surface area contributed by atoms with Gasteiger partial charge in [0.05, 0.1) is 6.54 Å². The SMILES string of the molecule is CCN(CC(=O)O)C1CC(NC(C)CC(C)(C)c2ccccc2)C1. The molecule has 2 rings (SSSR count). The molecule has 0 bridgehead atoms. The molecule has 1 aliphatic carbocycles. The molecule has 24 heavy (non-hydrogen) atoms. The molecule has 1 aromatic rings. The molecule has 2 N–H and O–H groups in total. The molecule has 134 valence electrons. The summed E-state index contributed by atoms with van der Waals surface area (Å²) in [6, 6.07) is 12.1. The van der Waals surface area contributed by atoms with E-state index in [9.17, 15) is 4.79 Å². The molecule has 1 unspecified atom stereocenters. The van der Waals surface area contributed by atoms with Crippen LogP contribution in [-0.2, 0) is 10.2 Å². The molecule has 0 spiro atoms. The molecular formula is C20H32N2O2. The van der Waals surface area contributed by atoms with Gasteiger partial charge in [0, 0.05) is 18.1 Å². The smallest absolute Gasteiger partial charge is 0.317 e. The third-order valence-electron chi connectivity index (χ3n) is 5.27. The van der Waals surface area contributed by atoms with E-state index in [-0.39, 0.29) is 12.0 Å². The Hall–Kier alpha value is -1.39. The van der Waals surface area contributed by atoms with Gasteiger partial charge in [0.2, 0.25) is 0 Å². The van der Waals surface area contributed by atoms with Crippen molar-refractivity contribution in [1.82, 2.24) is 10.2 Å². The Kier molecular flexibility index (Phi) is 6.41. The first-order valence-electron chi connectivity index (χ1n) is 9.09. The molecule has 1 aliphatic rings. The van der Waals surface area contributed by atoms with Crippen LogP contribution in [0.5, 0.6) is 0 Å². The number of carbonyl (C=O) groups is 1. The van der Waals surface area contributed by atoms with Gasteiger partial charge in [-0.2, -0.15) is 0 Å². The number of aliphatic carboxylic acids is 1. The summed E-state index contributed by atoms with van der Waals surface area (Å²) >= 11 is 0. The standard InChI is InChI=1S/C20H32N2O2/c1-5-22(14-19(23)24)18-11-17(12-18)21-15(2)13-20(3,4)16-9-7-6-8-10-16/h6-10,15,17-18,21H,5,11-14H2,1-4H3,(H,23,24). The lowest BCUT2D eigenvalue weighted by molar-refractivity contribution is -0.139. The van der Waals surface area contributed by atoms with Gasteiger partial charge in [-0.15, -0.1) is 0 Å². The van der Waals surface area contributed by atoms with Gasteiger partial charge in [-0.25, -0.2) is 0 Å². The minimum atomic E-state index is -0.730. The van der Waals surface area contributed by atoms with Crippen molar-refractivity contribution in [3.8, 4) is 0 Å². The van der Waals surface area contributed by atoms with Crippen molar-refractivity contribution in [1.29, 1.82) is 0 Å². The third kappa shape index (κ3) is 5.05. The lowest BCUT2D eigenvalue weighted by atomic mass is 9.78. The molecular weight excluding hydrogens is 300 g/mol. The predicted molar refractivity (Wildman–Crippen MR) is 98.4 cm³/mol. The monoisotopic (exact) mass is 332 g/mol. The molecule has 0 radical (unpaired) electrons. The topological polar surface area (TPSA) is 52.6 Å². The second kappa shape index (κ2) is 8.13. The summed E-state index contributed by atoms with van der Waals surface area (Å²) in [6.07, 6.45) is 3.19. The van der Waals surface area contributed by atoms with Crippen LogP contribution in [0.3, 0.4) is 0 Å². The number of nitrogens with one attached hydrogen (secondary N) is 1. The van der Waals surface area contributed by atoms with Gasteiger partial charge in [0.1, 0.15) is 0 Å². The average molecular weight is 332 g/mol. The van der Waals surface area contributed by atoms with Crippen LogP contribution in [-0.4, -0.2) is 47.2 Å². The Balaban J connectivity index is 1.78. The van der Waals surface area contributed by atoms with E-state index < -0.39 is 5.97 Å². The Labute approximate surface area is 146 Å². The van der Waals surface area contributed by atoms with Gasteiger partial charge in [-0.3, -0.25) is 9.69 Å².